The zero-order chi connectivity index (χ0) is 26.6. The number of benzene rings is 2. The van der Waals surface area contributed by atoms with Crippen LogP contribution in [0.3, 0.4) is 0 Å². The van der Waals surface area contributed by atoms with E-state index in [2.05, 4.69) is 18.3 Å². The van der Waals surface area contributed by atoms with Crippen molar-refractivity contribution in [3.63, 3.8) is 0 Å². The quantitative estimate of drug-likeness (QED) is 0.350. The van der Waals surface area contributed by atoms with Crippen molar-refractivity contribution in [3.05, 3.63) is 69.9 Å². The maximum absolute atomic E-state index is 13.4. The van der Waals surface area contributed by atoms with E-state index in [1.807, 2.05) is 6.07 Å². The predicted octanol–water partition coefficient (Wildman–Crippen LogP) is 7.50. The molecular weight excluding hydrogens is 485 g/mol. The Morgan fingerprint density at radius 1 is 1.14 bits per heavy atom. The number of aryl methyl sites for hydroxylation is 1. The van der Waals surface area contributed by atoms with Crippen LogP contribution in [0, 0.1) is 30.0 Å². The molecule has 0 spiro atoms. The first-order valence-electron chi connectivity index (χ1n) is 13.5. The third-order valence-corrected chi connectivity index (χ3v) is 10.4. The molecular formula is C30H40FN3O2S. The smallest absolute Gasteiger partial charge is 0.238 e. The number of nitrogens with zero attached hydrogens (tertiary/aromatic N) is 1. The van der Waals surface area contributed by atoms with Crippen LogP contribution in [0.15, 0.2) is 47.4 Å². The summed E-state index contributed by atoms with van der Waals surface area (Å²) in [7, 11) is -3.51. The van der Waals surface area contributed by atoms with Gasteiger partial charge in [-0.25, -0.2) is 12.8 Å². The van der Waals surface area contributed by atoms with Gasteiger partial charge in [0.05, 0.1) is 4.91 Å². The van der Waals surface area contributed by atoms with Crippen LogP contribution >= 0.6 is 0 Å². The van der Waals surface area contributed by atoms with Gasteiger partial charge in [-0.1, -0.05) is 31.8 Å². The van der Waals surface area contributed by atoms with Crippen LogP contribution in [-0.2, 0) is 10.0 Å². The Bertz CT molecular complexity index is 1240. The lowest BCUT2D eigenvalue weighted by molar-refractivity contribution is 0.193. The van der Waals surface area contributed by atoms with Crippen LogP contribution in [0.2, 0.25) is 0 Å². The fourth-order valence-electron chi connectivity index (χ4n) is 5.78. The van der Waals surface area contributed by atoms with Crippen molar-refractivity contribution in [3.8, 4) is 0 Å². The lowest BCUT2D eigenvalue weighted by Crippen LogP contribution is -2.40. The first-order valence-corrected chi connectivity index (χ1v) is 15.0. The van der Waals surface area contributed by atoms with Crippen LogP contribution in [0.1, 0.15) is 81.4 Å². The van der Waals surface area contributed by atoms with Gasteiger partial charge in [0.15, 0.2) is 0 Å². The molecule has 4 rings (SSSR count). The molecule has 0 bridgehead atoms. The molecule has 1 unspecified atom stereocenters. The second kappa shape index (κ2) is 11.9. The van der Waals surface area contributed by atoms with E-state index in [9.17, 15) is 12.8 Å². The number of hydrogen-bond acceptors (Lipinski definition) is 4. The molecule has 2 fully saturated rings. The van der Waals surface area contributed by atoms with E-state index in [0.29, 0.717) is 23.9 Å². The summed E-state index contributed by atoms with van der Waals surface area (Å²) in [5, 5.41) is 11.5. The van der Waals surface area contributed by atoms with Crippen molar-refractivity contribution >= 4 is 27.6 Å². The van der Waals surface area contributed by atoms with Gasteiger partial charge in [0.2, 0.25) is 10.0 Å². The standard InChI is InChI=1S/C30H40FN3O2S/c1-4-22(3)37(35,36)34-15-6-5-10-24(17-23-8-7-9-23)29(20-34)28-18-25(19-32)30(16-21(28)2)33-27-13-11-26(31)12-14-27/h4,11-14,16,18-19,23-24,29,32-33H,5-10,15,17,20H2,1-3H3/b22-4+,32-19?/t24?,29-/m1/s1. The van der Waals surface area contributed by atoms with Gasteiger partial charge in [-0.2, -0.15) is 4.31 Å². The number of hydrogen-bond donors (Lipinski definition) is 2. The lowest BCUT2D eigenvalue weighted by atomic mass is 9.71. The van der Waals surface area contributed by atoms with E-state index >= 15 is 0 Å². The molecule has 0 aromatic heterocycles. The summed E-state index contributed by atoms with van der Waals surface area (Å²) in [6, 6.07) is 10.3. The highest BCUT2D eigenvalue weighted by Gasteiger charge is 2.35. The summed E-state index contributed by atoms with van der Waals surface area (Å²) in [5.74, 6) is 0.913. The van der Waals surface area contributed by atoms with Gasteiger partial charge in [-0.3, -0.25) is 0 Å². The molecule has 5 nitrogen and oxygen atoms in total. The molecule has 200 valence electrons. The van der Waals surface area contributed by atoms with Crippen LogP contribution < -0.4 is 5.32 Å². The molecule has 1 saturated carbocycles. The second-order valence-corrected chi connectivity index (χ2v) is 12.8. The fraction of sp³-hybridized carbons (Fsp3) is 0.500. The Hall–Kier alpha value is -2.51. The van der Waals surface area contributed by atoms with E-state index in [1.165, 1.54) is 37.6 Å². The Balaban J connectivity index is 1.73. The summed E-state index contributed by atoms with van der Waals surface area (Å²) in [5.41, 5.74) is 4.50. The number of allylic oxidation sites excluding steroid dienone is 2. The van der Waals surface area contributed by atoms with E-state index in [4.69, 9.17) is 5.41 Å². The summed E-state index contributed by atoms with van der Waals surface area (Å²) in [6.07, 6.45) is 11.0. The summed E-state index contributed by atoms with van der Waals surface area (Å²) in [4.78, 5) is 0.401. The molecule has 1 aliphatic carbocycles. The highest BCUT2D eigenvalue weighted by molar-refractivity contribution is 7.93. The zero-order valence-corrected chi connectivity index (χ0v) is 23.1. The van der Waals surface area contributed by atoms with E-state index < -0.39 is 10.0 Å². The molecule has 37 heavy (non-hydrogen) atoms. The largest absolute Gasteiger partial charge is 0.355 e. The Labute approximate surface area is 221 Å². The van der Waals surface area contributed by atoms with Crippen LogP contribution in [0.4, 0.5) is 15.8 Å². The number of sulfonamides is 1. The van der Waals surface area contributed by atoms with Gasteiger partial charge < -0.3 is 10.7 Å². The number of anilines is 2. The molecule has 2 aromatic rings. The van der Waals surface area contributed by atoms with E-state index in [1.54, 1.807) is 36.4 Å². The average Bonchev–Trinajstić information content (AvgIpc) is 2.84. The molecule has 2 aliphatic rings. The van der Waals surface area contributed by atoms with Crippen molar-refractivity contribution in [2.24, 2.45) is 11.8 Å². The minimum absolute atomic E-state index is 0.0684. The molecule has 2 aromatic carbocycles. The van der Waals surface area contributed by atoms with Gasteiger partial charge in [-0.15, -0.1) is 0 Å². The van der Waals surface area contributed by atoms with Crippen LogP contribution in [0.5, 0.6) is 0 Å². The normalized spacial score (nSPS) is 22.1. The highest BCUT2D eigenvalue weighted by atomic mass is 32.2. The minimum atomic E-state index is -3.51. The van der Waals surface area contributed by atoms with Gasteiger partial charge in [-0.05, 0) is 99.4 Å². The van der Waals surface area contributed by atoms with Gasteiger partial charge in [0.25, 0.3) is 0 Å². The molecule has 1 aliphatic heterocycles. The molecule has 1 saturated heterocycles. The van der Waals surface area contributed by atoms with Gasteiger partial charge in [0, 0.05) is 42.2 Å². The Morgan fingerprint density at radius 3 is 2.49 bits per heavy atom. The second-order valence-electron chi connectivity index (χ2n) is 10.7. The summed E-state index contributed by atoms with van der Waals surface area (Å²) < 4.78 is 41.9. The molecule has 7 heteroatoms. The first kappa shape index (κ1) is 27.5. The SMILES string of the molecule is C/C=C(\C)S(=O)(=O)N1CCCCC(CC2CCC2)[C@H](c2cc(C=N)c(Nc3ccc(F)cc3)cc2C)C1. The highest BCUT2D eigenvalue weighted by Crippen LogP contribution is 2.43. The molecule has 1 heterocycles. The molecule has 2 N–H and O–H groups in total. The monoisotopic (exact) mass is 525 g/mol. The summed E-state index contributed by atoms with van der Waals surface area (Å²) >= 11 is 0. The third kappa shape index (κ3) is 6.32. The van der Waals surface area contributed by atoms with Crippen LogP contribution in [0.25, 0.3) is 0 Å². The maximum atomic E-state index is 13.4. The summed E-state index contributed by atoms with van der Waals surface area (Å²) in [6.45, 7) is 6.55. The third-order valence-electron chi connectivity index (χ3n) is 8.33. The predicted molar refractivity (Wildman–Crippen MR) is 151 cm³/mol. The van der Waals surface area contributed by atoms with Crippen molar-refractivity contribution in [2.45, 2.75) is 71.6 Å². The first-order chi connectivity index (χ1) is 17.7. The van der Waals surface area contributed by atoms with Gasteiger partial charge in [0.1, 0.15) is 5.82 Å². The average molecular weight is 526 g/mol. The topological polar surface area (TPSA) is 73.3 Å². The van der Waals surface area contributed by atoms with E-state index in [-0.39, 0.29) is 11.7 Å². The number of nitrogens with one attached hydrogen (secondary N) is 2. The zero-order valence-electron chi connectivity index (χ0n) is 22.3. The van der Waals surface area contributed by atoms with Crippen molar-refractivity contribution in [1.29, 1.82) is 5.41 Å². The van der Waals surface area contributed by atoms with Gasteiger partial charge >= 0.3 is 0 Å². The van der Waals surface area contributed by atoms with Crippen molar-refractivity contribution < 1.29 is 12.8 Å². The van der Waals surface area contributed by atoms with Crippen molar-refractivity contribution in [1.82, 2.24) is 4.31 Å². The molecule has 0 amide bonds. The number of rotatable bonds is 8. The molecule has 2 atom stereocenters. The lowest BCUT2D eigenvalue weighted by Gasteiger charge is -2.39. The molecule has 0 radical (unpaired) electrons. The van der Waals surface area contributed by atoms with Crippen LogP contribution in [-0.4, -0.2) is 32.0 Å². The van der Waals surface area contributed by atoms with E-state index in [0.717, 1.165) is 59.7 Å². The maximum Gasteiger partial charge on any atom is 0.238 e. The minimum Gasteiger partial charge on any atom is -0.355 e. The van der Waals surface area contributed by atoms with Crippen molar-refractivity contribution in [2.75, 3.05) is 18.4 Å². The number of halogens is 1. The Kier molecular flexibility index (Phi) is 8.86. The Morgan fingerprint density at radius 2 is 1.86 bits per heavy atom. The fourth-order valence-corrected chi connectivity index (χ4v) is 7.21.